The van der Waals surface area contributed by atoms with Crippen LogP contribution >= 0.6 is 0 Å². The Balaban J connectivity index is 1.71. The highest BCUT2D eigenvalue weighted by molar-refractivity contribution is 5.93. The summed E-state index contributed by atoms with van der Waals surface area (Å²) in [6.45, 7) is 0.897. The Bertz CT molecular complexity index is 1100. The minimum absolute atomic E-state index is 0.145. The summed E-state index contributed by atoms with van der Waals surface area (Å²) in [6, 6.07) is -0.682. The zero-order valence-corrected chi connectivity index (χ0v) is 14.6. The van der Waals surface area contributed by atoms with Crippen molar-refractivity contribution >= 4 is 17.3 Å². The molecule has 1 amide bonds. The normalized spacial score (nSPS) is 12.0. The number of nitro groups is 1. The van der Waals surface area contributed by atoms with Gasteiger partial charge in [-0.25, -0.2) is 17.6 Å². The molecule has 0 radical (unpaired) electrons. The molecule has 13 heteroatoms. The van der Waals surface area contributed by atoms with Gasteiger partial charge in [0.1, 0.15) is 24.3 Å². The van der Waals surface area contributed by atoms with Gasteiger partial charge in [-0.05, 0) is 6.92 Å². The van der Waals surface area contributed by atoms with Crippen LogP contribution in [0.15, 0.2) is 30.9 Å². The molecule has 0 fully saturated rings. The first-order valence-corrected chi connectivity index (χ1v) is 8.01. The highest BCUT2D eigenvalue weighted by Crippen LogP contribution is 2.21. The van der Waals surface area contributed by atoms with Crippen molar-refractivity contribution in [2.45, 2.75) is 19.5 Å². The molecule has 9 nitrogen and oxygen atoms in total. The van der Waals surface area contributed by atoms with E-state index < -0.39 is 52.2 Å². The summed E-state index contributed by atoms with van der Waals surface area (Å²) in [6.07, 6.45) is 4.47. The number of carbonyl (C=O) groups excluding carboxylic acids is 1. The molecule has 1 unspecified atom stereocenters. The fraction of sp³-hybridized carbons (Fsp3) is 0.188. The summed E-state index contributed by atoms with van der Waals surface area (Å²) in [5.41, 5.74) is -0.873. The van der Waals surface area contributed by atoms with Gasteiger partial charge in [0, 0.05) is 17.8 Å². The predicted octanol–water partition coefficient (Wildman–Crippen LogP) is 2.79. The van der Waals surface area contributed by atoms with Crippen LogP contribution in [0.1, 0.15) is 18.5 Å². The molecule has 29 heavy (non-hydrogen) atoms. The average Bonchev–Trinajstić information content (AvgIpc) is 3.32. The van der Waals surface area contributed by atoms with Crippen molar-refractivity contribution in [3.05, 3.63) is 69.8 Å². The van der Waals surface area contributed by atoms with E-state index >= 15 is 0 Å². The summed E-state index contributed by atoms with van der Waals surface area (Å²) in [5.74, 6) is -6.99. The van der Waals surface area contributed by atoms with Crippen LogP contribution in [-0.2, 0) is 11.3 Å². The fourth-order valence-electron chi connectivity index (χ4n) is 2.43. The molecule has 0 aliphatic carbocycles. The van der Waals surface area contributed by atoms with E-state index in [-0.39, 0.29) is 17.4 Å². The van der Waals surface area contributed by atoms with Gasteiger partial charge >= 0.3 is 5.69 Å². The van der Waals surface area contributed by atoms with Gasteiger partial charge in [0.25, 0.3) is 0 Å². The summed E-state index contributed by atoms with van der Waals surface area (Å²) in [4.78, 5) is 22.3. The van der Waals surface area contributed by atoms with Crippen molar-refractivity contribution < 1.29 is 27.3 Å². The summed E-state index contributed by atoms with van der Waals surface area (Å²) in [5, 5.41) is 20.7. The Morgan fingerprint density at radius 1 is 1.17 bits per heavy atom. The number of carbonyl (C=O) groups is 1. The standard InChI is InChI=1S/C16H12F4N6O3/c1-8(25-6-10(4-22-25)26(28)29)16(27)23-9-3-21-24(5-9)7-11-12(17)2-13(18)15(20)14(11)19/h2-6,8H,7H2,1H3,(H,23,27). The van der Waals surface area contributed by atoms with Gasteiger partial charge in [0.05, 0.1) is 23.4 Å². The molecule has 0 spiro atoms. The number of nitrogens with zero attached hydrogens (tertiary/aromatic N) is 5. The lowest BCUT2D eigenvalue weighted by Gasteiger charge is -2.11. The number of aromatic nitrogens is 4. The zero-order chi connectivity index (χ0) is 21.3. The van der Waals surface area contributed by atoms with Crippen molar-refractivity contribution in [2.24, 2.45) is 0 Å². The van der Waals surface area contributed by atoms with Crippen LogP contribution < -0.4 is 5.32 Å². The van der Waals surface area contributed by atoms with E-state index in [0.29, 0.717) is 0 Å². The number of anilines is 1. The van der Waals surface area contributed by atoms with Crippen molar-refractivity contribution in [3.63, 3.8) is 0 Å². The third-order valence-corrected chi connectivity index (χ3v) is 4.00. The largest absolute Gasteiger partial charge is 0.322 e. The molecule has 3 rings (SSSR count). The van der Waals surface area contributed by atoms with Gasteiger partial charge in [-0.3, -0.25) is 24.3 Å². The maximum Gasteiger partial charge on any atom is 0.307 e. The number of hydrogen-bond donors (Lipinski definition) is 1. The van der Waals surface area contributed by atoms with Crippen molar-refractivity contribution in [1.82, 2.24) is 19.6 Å². The third kappa shape index (κ3) is 4.07. The number of halogens is 4. The van der Waals surface area contributed by atoms with Crippen LogP contribution in [0, 0.1) is 33.4 Å². The number of amides is 1. The van der Waals surface area contributed by atoms with E-state index in [2.05, 4.69) is 15.5 Å². The minimum Gasteiger partial charge on any atom is -0.322 e. The molecule has 1 atom stereocenters. The highest BCUT2D eigenvalue weighted by atomic mass is 19.2. The molecule has 2 heterocycles. The summed E-state index contributed by atoms with van der Waals surface area (Å²) >= 11 is 0. The molecule has 0 bridgehead atoms. The van der Waals surface area contributed by atoms with Crippen LogP contribution in [0.3, 0.4) is 0 Å². The van der Waals surface area contributed by atoms with Crippen LogP contribution in [0.5, 0.6) is 0 Å². The lowest BCUT2D eigenvalue weighted by Crippen LogP contribution is -2.23. The van der Waals surface area contributed by atoms with E-state index in [4.69, 9.17) is 0 Å². The quantitative estimate of drug-likeness (QED) is 0.220. The molecular formula is C16H12F4N6O3. The van der Waals surface area contributed by atoms with E-state index in [1.54, 1.807) is 0 Å². The van der Waals surface area contributed by atoms with E-state index in [9.17, 15) is 32.5 Å². The second-order valence-electron chi connectivity index (χ2n) is 5.97. The second kappa shape index (κ2) is 7.69. The van der Waals surface area contributed by atoms with Crippen LogP contribution in [0.2, 0.25) is 0 Å². The third-order valence-electron chi connectivity index (χ3n) is 4.00. The minimum atomic E-state index is -1.80. The zero-order valence-electron chi connectivity index (χ0n) is 14.6. The average molecular weight is 412 g/mol. The topological polar surface area (TPSA) is 108 Å². The maximum absolute atomic E-state index is 13.8. The molecule has 2 aromatic heterocycles. The molecule has 0 aliphatic heterocycles. The number of benzene rings is 1. The van der Waals surface area contributed by atoms with Gasteiger partial charge in [-0.1, -0.05) is 0 Å². The Hall–Kier alpha value is -3.77. The first-order chi connectivity index (χ1) is 13.7. The smallest absolute Gasteiger partial charge is 0.307 e. The van der Waals surface area contributed by atoms with Gasteiger partial charge in [-0.15, -0.1) is 0 Å². The Labute approximate surface area is 159 Å². The SMILES string of the molecule is CC(C(=O)Nc1cnn(Cc2c(F)cc(F)c(F)c2F)c1)n1cc([N+](=O)[O-])cn1. The van der Waals surface area contributed by atoms with Crippen molar-refractivity contribution in [1.29, 1.82) is 0 Å². The van der Waals surface area contributed by atoms with E-state index in [1.165, 1.54) is 19.3 Å². The molecular weight excluding hydrogens is 400 g/mol. The highest BCUT2D eigenvalue weighted by Gasteiger charge is 2.21. The van der Waals surface area contributed by atoms with E-state index in [1.807, 2.05) is 0 Å². The second-order valence-corrected chi connectivity index (χ2v) is 5.97. The number of hydrogen-bond acceptors (Lipinski definition) is 5. The fourth-order valence-corrected chi connectivity index (χ4v) is 2.43. The molecule has 1 N–H and O–H groups in total. The number of rotatable bonds is 6. The van der Waals surface area contributed by atoms with Crippen molar-refractivity contribution in [3.8, 4) is 0 Å². The molecule has 3 aromatic rings. The lowest BCUT2D eigenvalue weighted by atomic mass is 10.2. The first-order valence-electron chi connectivity index (χ1n) is 8.01. The van der Waals surface area contributed by atoms with Crippen LogP contribution in [0.4, 0.5) is 28.9 Å². The monoisotopic (exact) mass is 412 g/mol. The van der Waals surface area contributed by atoms with Crippen LogP contribution in [-0.4, -0.2) is 30.4 Å². The molecule has 0 saturated heterocycles. The molecule has 152 valence electrons. The first kappa shape index (κ1) is 20.0. The Morgan fingerprint density at radius 2 is 1.90 bits per heavy atom. The Kier molecular flexibility index (Phi) is 5.30. The Morgan fingerprint density at radius 3 is 2.55 bits per heavy atom. The van der Waals surface area contributed by atoms with Crippen LogP contribution in [0.25, 0.3) is 0 Å². The maximum atomic E-state index is 13.8. The van der Waals surface area contributed by atoms with Gasteiger partial charge in [-0.2, -0.15) is 10.2 Å². The summed E-state index contributed by atoms with van der Waals surface area (Å²) < 4.78 is 55.9. The number of nitrogens with one attached hydrogen (secondary N) is 1. The van der Waals surface area contributed by atoms with E-state index in [0.717, 1.165) is 21.8 Å². The van der Waals surface area contributed by atoms with Gasteiger partial charge in [0.15, 0.2) is 17.5 Å². The van der Waals surface area contributed by atoms with Gasteiger partial charge in [0.2, 0.25) is 5.91 Å². The molecule has 1 aromatic carbocycles. The lowest BCUT2D eigenvalue weighted by molar-refractivity contribution is -0.385. The van der Waals surface area contributed by atoms with Gasteiger partial charge < -0.3 is 5.32 Å². The molecule has 0 saturated carbocycles. The van der Waals surface area contributed by atoms with Crippen molar-refractivity contribution in [2.75, 3.05) is 5.32 Å². The molecule has 0 aliphatic rings. The predicted molar refractivity (Wildman–Crippen MR) is 89.8 cm³/mol. The summed E-state index contributed by atoms with van der Waals surface area (Å²) in [7, 11) is 0.